The van der Waals surface area contributed by atoms with Gasteiger partial charge >= 0.3 is 5.97 Å². The summed E-state index contributed by atoms with van der Waals surface area (Å²) >= 11 is 5.91. The zero-order valence-electron chi connectivity index (χ0n) is 12.2. The minimum atomic E-state index is -0.713. The van der Waals surface area contributed by atoms with Crippen molar-refractivity contribution in [1.29, 1.82) is 0 Å². The maximum atomic E-state index is 12.2. The third-order valence-corrected chi connectivity index (χ3v) is 3.88. The fourth-order valence-electron chi connectivity index (χ4n) is 2.37. The van der Waals surface area contributed by atoms with Crippen LogP contribution < -0.4 is 10.1 Å². The molecule has 0 aliphatic carbocycles. The predicted octanol–water partition coefficient (Wildman–Crippen LogP) is 3.35. The fraction of sp³-hybridized carbons (Fsp3) is 0.125. The van der Waals surface area contributed by atoms with Crippen LogP contribution >= 0.6 is 11.6 Å². The van der Waals surface area contributed by atoms with E-state index in [1.807, 2.05) is 0 Å². The number of halogens is 1. The first-order valence-corrected chi connectivity index (χ1v) is 7.41. The molecule has 0 radical (unpaired) electrons. The minimum Gasteiger partial charge on any atom is -0.423 e. The normalized spacial score (nSPS) is 13.0. The SMILES string of the molecule is O=C1CCc2cc(OC(=O)c3ccc([N+](=O)[O-])cc3Cl)ccc2N1. The molecule has 1 heterocycles. The van der Waals surface area contributed by atoms with Gasteiger partial charge in [-0.1, -0.05) is 11.6 Å². The molecule has 0 spiro atoms. The van der Waals surface area contributed by atoms with Gasteiger partial charge in [-0.25, -0.2) is 4.79 Å². The molecule has 24 heavy (non-hydrogen) atoms. The quantitative estimate of drug-likeness (QED) is 0.397. The van der Waals surface area contributed by atoms with Gasteiger partial charge in [-0.3, -0.25) is 14.9 Å². The molecular formula is C16H11ClN2O5. The van der Waals surface area contributed by atoms with E-state index in [1.165, 1.54) is 12.1 Å². The first-order chi connectivity index (χ1) is 11.4. The molecule has 0 unspecified atom stereocenters. The monoisotopic (exact) mass is 346 g/mol. The molecule has 1 aliphatic heterocycles. The van der Waals surface area contributed by atoms with Crippen LogP contribution in [-0.4, -0.2) is 16.8 Å². The summed E-state index contributed by atoms with van der Waals surface area (Å²) < 4.78 is 5.27. The number of nitro groups is 1. The lowest BCUT2D eigenvalue weighted by molar-refractivity contribution is -0.384. The molecule has 1 amide bonds. The Morgan fingerprint density at radius 1 is 1.21 bits per heavy atom. The van der Waals surface area contributed by atoms with Crippen molar-refractivity contribution in [2.24, 2.45) is 0 Å². The van der Waals surface area contributed by atoms with E-state index >= 15 is 0 Å². The van der Waals surface area contributed by atoms with Gasteiger partial charge in [0.25, 0.3) is 5.69 Å². The highest BCUT2D eigenvalue weighted by molar-refractivity contribution is 6.33. The smallest absolute Gasteiger partial charge is 0.345 e. The van der Waals surface area contributed by atoms with E-state index < -0.39 is 10.9 Å². The summed E-state index contributed by atoms with van der Waals surface area (Å²) in [7, 11) is 0. The number of amides is 1. The van der Waals surface area contributed by atoms with E-state index in [0.717, 1.165) is 11.6 Å². The van der Waals surface area contributed by atoms with Crippen LogP contribution in [0.1, 0.15) is 22.3 Å². The van der Waals surface area contributed by atoms with Gasteiger partial charge in [0.05, 0.1) is 15.5 Å². The number of esters is 1. The van der Waals surface area contributed by atoms with Crippen molar-refractivity contribution in [3.05, 3.63) is 62.7 Å². The number of ether oxygens (including phenoxy) is 1. The van der Waals surface area contributed by atoms with Crippen molar-refractivity contribution in [1.82, 2.24) is 0 Å². The summed E-state index contributed by atoms with van der Waals surface area (Å²) in [5.41, 5.74) is 1.39. The van der Waals surface area contributed by atoms with E-state index in [2.05, 4.69) is 5.32 Å². The minimum absolute atomic E-state index is 0.0355. The van der Waals surface area contributed by atoms with Crippen molar-refractivity contribution in [2.45, 2.75) is 12.8 Å². The number of aryl methyl sites for hydroxylation is 1. The highest BCUT2D eigenvalue weighted by atomic mass is 35.5. The van der Waals surface area contributed by atoms with Crippen molar-refractivity contribution in [3.8, 4) is 5.75 Å². The van der Waals surface area contributed by atoms with E-state index in [-0.39, 0.29) is 22.2 Å². The summed E-state index contributed by atoms with van der Waals surface area (Å²) in [4.78, 5) is 33.6. The van der Waals surface area contributed by atoms with Gasteiger partial charge in [0.2, 0.25) is 5.91 Å². The first-order valence-electron chi connectivity index (χ1n) is 7.03. The molecule has 8 heteroatoms. The topological polar surface area (TPSA) is 98.5 Å². The lowest BCUT2D eigenvalue weighted by atomic mass is 10.0. The molecule has 7 nitrogen and oxygen atoms in total. The Balaban J connectivity index is 1.80. The van der Waals surface area contributed by atoms with Crippen molar-refractivity contribution in [3.63, 3.8) is 0 Å². The number of nitrogens with zero attached hydrogens (tertiary/aromatic N) is 1. The average molecular weight is 347 g/mol. The Kier molecular flexibility index (Phi) is 4.18. The Hall–Kier alpha value is -2.93. The number of anilines is 1. The van der Waals surface area contributed by atoms with Gasteiger partial charge in [0.15, 0.2) is 0 Å². The number of nitro benzene ring substituents is 1. The molecule has 0 aromatic heterocycles. The van der Waals surface area contributed by atoms with Crippen molar-refractivity contribution >= 4 is 34.9 Å². The summed E-state index contributed by atoms with van der Waals surface area (Å²) in [6, 6.07) is 8.42. The van der Waals surface area contributed by atoms with Gasteiger partial charge in [0, 0.05) is 24.2 Å². The highest BCUT2D eigenvalue weighted by Crippen LogP contribution is 2.28. The average Bonchev–Trinajstić information content (AvgIpc) is 2.54. The predicted molar refractivity (Wildman–Crippen MR) is 86.5 cm³/mol. The standard InChI is InChI=1S/C16H11ClN2O5/c17-13-8-10(19(22)23)2-4-12(13)16(21)24-11-3-5-14-9(7-11)1-6-15(20)18-14/h2-5,7-8H,1,6H2,(H,18,20). The summed E-state index contributed by atoms with van der Waals surface area (Å²) in [5, 5.41) is 13.4. The maximum Gasteiger partial charge on any atom is 0.345 e. The number of rotatable bonds is 3. The Labute approximate surface area is 141 Å². The second-order valence-electron chi connectivity index (χ2n) is 5.18. The van der Waals surface area contributed by atoms with E-state index in [0.29, 0.717) is 24.3 Å². The van der Waals surface area contributed by atoms with Gasteiger partial charge < -0.3 is 10.1 Å². The zero-order valence-corrected chi connectivity index (χ0v) is 13.0. The van der Waals surface area contributed by atoms with Crippen LogP contribution in [-0.2, 0) is 11.2 Å². The molecule has 3 rings (SSSR count). The second-order valence-corrected chi connectivity index (χ2v) is 5.59. The van der Waals surface area contributed by atoms with E-state index in [9.17, 15) is 19.7 Å². The van der Waals surface area contributed by atoms with Crippen LogP contribution in [0.4, 0.5) is 11.4 Å². The number of hydrogen-bond donors (Lipinski definition) is 1. The van der Waals surface area contributed by atoms with E-state index in [4.69, 9.17) is 16.3 Å². The summed E-state index contributed by atoms with van der Waals surface area (Å²) in [6.45, 7) is 0. The number of carbonyl (C=O) groups is 2. The molecule has 0 atom stereocenters. The first kappa shape index (κ1) is 15.9. The summed E-state index contributed by atoms with van der Waals surface area (Å²) in [5.74, 6) is -0.455. The van der Waals surface area contributed by atoms with Gasteiger partial charge in [0.1, 0.15) is 5.75 Å². The molecule has 1 N–H and O–H groups in total. The number of fused-ring (bicyclic) bond motifs is 1. The van der Waals surface area contributed by atoms with Crippen LogP contribution in [0, 0.1) is 10.1 Å². The van der Waals surface area contributed by atoms with Crippen molar-refractivity contribution < 1.29 is 19.2 Å². The Morgan fingerprint density at radius 2 is 2.00 bits per heavy atom. The molecule has 2 aromatic rings. The largest absolute Gasteiger partial charge is 0.423 e. The van der Waals surface area contributed by atoms with Gasteiger partial charge in [-0.15, -0.1) is 0 Å². The molecule has 0 bridgehead atoms. The van der Waals surface area contributed by atoms with Crippen LogP contribution in [0.3, 0.4) is 0 Å². The molecule has 0 saturated heterocycles. The van der Waals surface area contributed by atoms with Gasteiger partial charge in [-0.05, 0) is 36.2 Å². The second kappa shape index (κ2) is 6.29. The fourth-order valence-corrected chi connectivity index (χ4v) is 2.62. The number of benzene rings is 2. The van der Waals surface area contributed by atoms with Crippen LogP contribution in [0.15, 0.2) is 36.4 Å². The van der Waals surface area contributed by atoms with Gasteiger partial charge in [-0.2, -0.15) is 0 Å². The molecular weight excluding hydrogens is 336 g/mol. The number of nitrogens with one attached hydrogen (secondary N) is 1. The number of carbonyl (C=O) groups excluding carboxylic acids is 2. The van der Waals surface area contributed by atoms with Crippen LogP contribution in [0.2, 0.25) is 5.02 Å². The third kappa shape index (κ3) is 3.21. The third-order valence-electron chi connectivity index (χ3n) is 3.57. The van der Waals surface area contributed by atoms with Crippen LogP contribution in [0.25, 0.3) is 0 Å². The Morgan fingerprint density at radius 3 is 2.71 bits per heavy atom. The lowest BCUT2D eigenvalue weighted by Crippen LogP contribution is -2.19. The highest BCUT2D eigenvalue weighted by Gasteiger charge is 2.19. The van der Waals surface area contributed by atoms with Crippen LogP contribution in [0.5, 0.6) is 5.75 Å². The molecule has 122 valence electrons. The molecule has 2 aromatic carbocycles. The lowest BCUT2D eigenvalue weighted by Gasteiger charge is -2.17. The van der Waals surface area contributed by atoms with E-state index in [1.54, 1.807) is 18.2 Å². The number of hydrogen-bond acceptors (Lipinski definition) is 5. The van der Waals surface area contributed by atoms with Crippen molar-refractivity contribution in [2.75, 3.05) is 5.32 Å². The molecule has 0 fully saturated rings. The summed E-state index contributed by atoms with van der Waals surface area (Å²) in [6.07, 6.45) is 0.934. The maximum absolute atomic E-state index is 12.2. The molecule has 0 saturated carbocycles. The molecule has 1 aliphatic rings. The number of non-ortho nitro benzene ring substituents is 1. The Bertz CT molecular complexity index is 866. The zero-order chi connectivity index (χ0) is 17.3.